The van der Waals surface area contributed by atoms with Crippen molar-refractivity contribution in [2.75, 3.05) is 6.61 Å². The smallest absolute Gasteiger partial charge is 0.284 e. The molecule has 0 bridgehead atoms. The van der Waals surface area contributed by atoms with Crippen LogP contribution in [0.25, 0.3) is 0 Å². The van der Waals surface area contributed by atoms with Gasteiger partial charge in [-0.2, -0.15) is 0 Å². The first-order valence-corrected chi connectivity index (χ1v) is 3.47. The summed E-state index contributed by atoms with van der Waals surface area (Å²) in [6, 6.07) is 3.24. The van der Waals surface area contributed by atoms with Crippen LogP contribution in [0.5, 0.6) is 5.95 Å². The summed E-state index contributed by atoms with van der Waals surface area (Å²) in [4.78, 5) is 10.7. The summed E-state index contributed by atoms with van der Waals surface area (Å²) in [5, 5.41) is 0. The molecule has 1 aromatic rings. The number of ketones is 1. The van der Waals surface area contributed by atoms with Crippen molar-refractivity contribution in [3.05, 3.63) is 17.9 Å². The third-order valence-corrected chi connectivity index (χ3v) is 1.21. The highest BCUT2D eigenvalue weighted by molar-refractivity contribution is 5.91. The highest BCUT2D eigenvalue weighted by atomic mass is 16.6. The molecule has 0 radical (unpaired) electrons. The lowest BCUT2D eigenvalue weighted by atomic mass is 10.3. The van der Waals surface area contributed by atoms with Crippen molar-refractivity contribution < 1.29 is 13.9 Å². The van der Waals surface area contributed by atoms with Crippen molar-refractivity contribution in [1.29, 1.82) is 0 Å². The summed E-state index contributed by atoms with van der Waals surface area (Å²) in [7, 11) is 0. The topological polar surface area (TPSA) is 39.4 Å². The van der Waals surface area contributed by atoms with Gasteiger partial charge in [0.1, 0.15) is 0 Å². The Morgan fingerprint density at radius 1 is 1.64 bits per heavy atom. The van der Waals surface area contributed by atoms with Crippen LogP contribution >= 0.6 is 0 Å². The quantitative estimate of drug-likeness (QED) is 0.624. The molecule has 1 rings (SSSR count). The number of ether oxygens (including phenoxy) is 1. The zero-order valence-corrected chi connectivity index (χ0v) is 6.59. The minimum absolute atomic E-state index is 0.0871. The minimum Gasteiger partial charge on any atom is -0.465 e. The lowest BCUT2D eigenvalue weighted by Crippen LogP contribution is -1.89. The average Bonchev–Trinajstić information content (AvgIpc) is 2.37. The van der Waals surface area contributed by atoms with Crippen LogP contribution in [0, 0.1) is 0 Å². The van der Waals surface area contributed by atoms with Crippen LogP contribution < -0.4 is 4.74 Å². The molecule has 0 unspecified atom stereocenters. The van der Waals surface area contributed by atoms with E-state index in [0.717, 1.165) is 0 Å². The molecule has 0 aromatic carbocycles. The molecule has 0 amide bonds. The minimum atomic E-state index is -0.0871. The van der Waals surface area contributed by atoms with Crippen molar-refractivity contribution in [2.45, 2.75) is 13.8 Å². The molecule has 0 fully saturated rings. The maximum absolute atomic E-state index is 10.7. The Labute approximate surface area is 65.0 Å². The fraction of sp³-hybridized carbons (Fsp3) is 0.375. The van der Waals surface area contributed by atoms with E-state index in [1.165, 1.54) is 6.92 Å². The van der Waals surface area contributed by atoms with Crippen LogP contribution in [-0.4, -0.2) is 12.4 Å². The molecule has 1 aromatic heterocycles. The maximum atomic E-state index is 10.7. The summed E-state index contributed by atoms with van der Waals surface area (Å²) < 4.78 is 10.0. The molecule has 0 N–H and O–H groups in total. The fourth-order valence-corrected chi connectivity index (χ4v) is 0.729. The lowest BCUT2D eigenvalue weighted by molar-refractivity contribution is 0.0979. The van der Waals surface area contributed by atoms with E-state index in [2.05, 4.69) is 0 Å². The highest BCUT2D eigenvalue weighted by Crippen LogP contribution is 2.15. The molecule has 3 heteroatoms. The molecule has 60 valence electrons. The van der Waals surface area contributed by atoms with E-state index in [1.807, 2.05) is 6.92 Å². The van der Waals surface area contributed by atoms with Gasteiger partial charge in [-0.15, -0.1) is 0 Å². The molecular formula is C8H10O3. The Morgan fingerprint density at radius 2 is 2.36 bits per heavy atom. The van der Waals surface area contributed by atoms with E-state index in [9.17, 15) is 4.79 Å². The number of carbonyl (C=O) groups excluding carboxylic acids is 1. The first-order valence-electron chi connectivity index (χ1n) is 3.47. The zero-order chi connectivity index (χ0) is 8.27. The van der Waals surface area contributed by atoms with Crippen LogP contribution in [0.3, 0.4) is 0 Å². The molecule has 0 saturated heterocycles. The summed E-state index contributed by atoms with van der Waals surface area (Å²) >= 11 is 0. The standard InChI is InChI=1S/C8H10O3/c1-3-10-8-5-4-7(11-8)6(2)9/h4-5H,3H2,1-2H3. The van der Waals surface area contributed by atoms with Gasteiger partial charge in [-0.1, -0.05) is 0 Å². The van der Waals surface area contributed by atoms with E-state index in [1.54, 1.807) is 12.1 Å². The number of rotatable bonds is 3. The molecule has 0 aliphatic carbocycles. The number of hydrogen-bond acceptors (Lipinski definition) is 3. The summed E-state index contributed by atoms with van der Waals surface area (Å²) in [5.41, 5.74) is 0. The molecule has 0 saturated carbocycles. The van der Waals surface area contributed by atoms with Gasteiger partial charge in [0.25, 0.3) is 5.95 Å². The third-order valence-electron chi connectivity index (χ3n) is 1.21. The fourth-order valence-electron chi connectivity index (χ4n) is 0.729. The van der Waals surface area contributed by atoms with Gasteiger partial charge in [-0.3, -0.25) is 4.79 Å². The Bertz CT molecular complexity index is 250. The molecule has 3 nitrogen and oxygen atoms in total. The third kappa shape index (κ3) is 1.83. The number of carbonyl (C=O) groups is 1. The van der Waals surface area contributed by atoms with Gasteiger partial charge in [0.05, 0.1) is 6.61 Å². The van der Waals surface area contributed by atoms with Gasteiger partial charge < -0.3 is 9.15 Å². The van der Waals surface area contributed by atoms with Crippen molar-refractivity contribution in [1.82, 2.24) is 0 Å². The Kier molecular flexibility index (Phi) is 2.31. The highest BCUT2D eigenvalue weighted by Gasteiger charge is 2.05. The summed E-state index contributed by atoms with van der Waals surface area (Å²) in [6.07, 6.45) is 0. The summed E-state index contributed by atoms with van der Waals surface area (Å²) in [5.74, 6) is 0.655. The predicted molar refractivity (Wildman–Crippen MR) is 39.9 cm³/mol. The van der Waals surface area contributed by atoms with Crippen molar-refractivity contribution >= 4 is 5.78 Å². The van der Waals surface area contributed by atoms with Crippen LogP contribution in [0.2, 0.25) is 0 Å². The SMILES string of the molecule is CCOc1ccc(C(C)=O)o1. The molecule has 11 heavy (non-hydrogen) atoms. The van der Waals surface area contributed by atoms with E-state index in [0.29, 0.717) is 18.3 Å². The van der Waals surface area contributed by atoms with Crippen molar-refractivity contribution in [3.8, 4) is 5.95 Å². The van der Waals surface area contributed by atoms with Crippen LogP contribution in [0.4, 0.5) is 0 Å². The van der Waals surface area contributed by atoms with Crippen molar-refractivity contribution in [3.63, 3.8) is 0 Å². The average molecular weight is 154 g/mol. The van der Waals surface area contributed by atoms with Gasteiger partial charge in [-0.25, -0.2) is 0 Å². The Hall–Kier alpha value is -1.25. The summed E-state index contributed by atoms with van der Waals surface area (Å²) in [6.45, 7) is 3.86. The molecule has 0 aliphatic rings. The van der Waals surface area contributed by atoms with Crippen LogP contribution in [0.15, 0.2) is 16.5 Å². The number of furan rings is 1. The number of hydrogen-bond donors (Lipinski definition) is 0. The first-order chi connectivity index (χ1) is 5.24. The second kappa shape index (κ2) is 3.23. The molecular weight excluding hydrogens is 144 g/mol. The molecule has 0 atom stereocenters. The van der Waals surface area contributed by atoms with Gasteiger partial charge in [0.15, 0.2) is 11.5 Å². The van der Waals surface area contributed by atoms with Gasteiger partial charge in [0, 0.05) is 13.0 Å². The predicted octanol–water partition coefficient (Wildman–Crippen LogP) is 1.88. The lowest BCUT2D eigenvalue weighted by Gasteiger charge is -1.94. The zero-order valence-electron chi connectivity index (χ0n) is 6.59. The Balaban J connectivity index is 2.73. The molecule has 0 spiro atoms. The first kappa shape index (κ1) is 7.85. The largest absolute Gasteiger partial charge is 0.465 e. The second-order valence-corrected chi connectivity index (χ2v) is 2.11. The van der Waals surface area contributed by atoms with E-state index < -0.39 is 0 Å². The number of Topliss-reactive ketones (excluding diaryl/α,β-unsaturated/α-hetero) is 1. The van der Waals surface area contributed by atoms with Gasteiger partial charge >= 0.3 is 0 Å². The monoisotopic (exact) mass is 154 g/mol. The van der Waals surface area contributed by atoms with Crippen LogP contribution in [0.1, 0.15) is 24.4 Å². The maximum Gasteiger partial charge on any atom is 0.284 e. The van der Waals surface area contributed by atoms with Gasteiger partial charge in [-0.05, 0) is 13.0 Å². The van der Waals surface area contributed by atoms with Crippen molar-refractivity contribution in [2.24, 2.45) is 0 Å². The molecule has 0 aliphatic heterocycles. The normalized spacial score (nSPS) is 9.64. The van der Waals surface area contributed by atoms with E-state index >= 15 is 0 Å². The van der Waals surface area contributed by atoms with E-state index in [4.69, 9.17) is 9.15 Å². The second-order valence-electron chi connectivity index (χ2n) is 2.11. The Morgan fingerprint density at radius 3 is 2.82 bits per heavy atom. The molecule has 1 heterocycles. The van der Waals surface area contributed by atoms with Gasteiger partial charge in [0.2, 0.25) is 0 Å². The van der Waals surface area contributed by atoms with Crippen LogP contribution in [-0.2, 0) is 0 Å². The van der Waals surface area contributed by atoms with E-state index in [-0.39, 0.29) is 5.78 Å².